The van der Waals surface area contributed by atoms with E-state index in [-0.39, 0.29) is 5.25 Å². The van der Waals surface area contributed by atoms with E-state index < -0.39 is 10.0 Å². The van der Waals surface area contributed by atoms with E-state index in [2.05, 4.69) is 10.1 Å². The van der Waals surface area contributed by atoms with Crippen LogP contribution >= 0.6 is 0 Å². The average Bonchev–Trinajstić information content (AvgIpc) is 3.26. The molecule has 0 amide bonds. The second-order valence-electron chi connectivity index (χ2n) is 6.68. The summed E-state index contributed by atoms with van der Waals surface area (Å²) in [7, 11) is -1.29. The second kappa shape index (κ2) is 6.29. The van der Waals surface area contributed by atoms with Gasteiger partial charge in [0.05, 0.1) is 17.5 Å². The van der Waals surface area contributed by atoms with E-state index in [1.165, 1.54) is 0 Å². The molecule has 124 valence electrons. The molecule has 0 atom stereocenters. The fraction of sp³-hybridized carbons (Fsp3) is 0.800. The third-order valence-corrected chi connectivity index (χ3v) is 6.99. The Bertz CT molecular complexity index is 601. The van der Waals surface area contributed by atoms with Gasteiger partial charge in [-0.1, -0.05) is 5.16 Å². The molecule has 2 fully saturated rings. The molecule has 2 aliphatic rings. The predicted octanol–water partition coefficient (Wildman–Crippen LogP) is 1.62. The quantitative estimate of drug-likeness (QED) is 0.794. The number of aryl methyl sites for hydroxylation is 1. The highest BCUT2D eigenvalue weighted by Crippen LogP contribution is 2.31. The third-order valence-electron chi connectivity index (χ3n) is 4.66. The fourth-order valence-corrected chi connectivity index (χ4v) is 4.79. The van der Waals surface area contributed by atoms with Crippen LogP contribution < -0.4 is 0 Å². The SMILES string of the molecule is Cc1cc(CN2CCC(CN(C)S(=O)(=O)C3CC3)CC2)on1. The van der Waals surface area contributed by atoms with E-state index in [0.29, 0.717) is 12.5 Å². The highest BCUT2D eigenvalue weighted by molar-refractivity contribution is 7.90. The molecule has 6 nitrogen and oxygen atoms in total. The Balaban J connectivity index is 1.45. The zero-order valence-electron chi connectivity index (χ0n) is 13.4. The van der Waals surface area contributed by atoms with Crippen molar-refractivity contribution in [2.75, 3.05) is 26.7 Å². The van der Waals surface area contributed by atoms with Crippen LogP contribution in [0.3, 0.4) is 0 Å². The van der Waals surface area contributed by atoms with Crippen LogP contribution in [0.1, 0.15) is 37.1 Å². The smallest absolute Gasteiger partial charge is 0.216 e. The minimum Gasteiger partial charge on any atom is -0.360 e. The van der Waals surface area contributed by atoms with Crippen molar-refractivity contribution in [2.45, 2.75) is 44.4 Å². The molecule has 1 saturated heterocycles. The lowest BCUT2D eigenvalue weighted by Gasteiger charge is -2.33. The molecule has 22 heavy (non-hydrogen) atoms. The first-order valence-electron chi connectivity index (χ1n) is 8.05. The van der Waals surface area contributed by atoms with Crippen LogP contribution in [0.25, 0.3) is 0 Å². The van der Waals surface area contributed by atoms with Crippen molar-refractivity contribution in [1.29, 1.82) is 0 Å². The molecule has 0 unspecified atom stereocenters. The molecule has 3 rings (SSSR count). The molecule has 1 aliphatic heterocycles. The van der Waals surface area contributed by atoms with Crippen molar-refractivity contribution >= 4 is 10.0 Å². The standard InChI is InChI=1S/C15H25N3O3S/c1-12-9-14(21-16-12)11-18-7-5-13(6-8-18)10-17(2)22(19,20)15-3-4-15/h9,13,15H,3-8,10-11H2,1-2H3. The molecule has 0 spiro atoms. The number of hydrogen-bond donors (Lipinski definition) is 0. The van der Waals surface area contributed by atoms with Gasteiger partial charge in [0.1, 0.15) is 0 Å². The minimum absolute atomic E-state index is 0.104. The van der Waals surface area contributed by atoms with Gasteiger partial charge in [-0.25, -0.2) is 12.7 Å². The molecule has 1 aromatic rings. The number of aromatic nitrogens is 1. The lowest BCUT2D eigenvalue weighted by molar-refractivity contribution is 0.153. The highest BCUT2D eigenvalue weighted by atomic mass is 32.2. The van der Waals surface area contributed by atoms with Gasteiger partial charge in [-0.2, -0.15) is 0 Å². The third kappa shape index (κ3) is 3.70. The summed E-state index contributed by atoms with van der Waals surface area (Å²) in [5.41, 5.74) is 0.914. The second-order valence-corrected chi connectivity index (χ2v) is 9.00. The molecule has 0 N–H and O–H groups in total. The maximum absolute atomic E-state index is 12.2. The van der Waals surface area contributed by atoms with Gasteiger partial charge in [-0.3, -0.25) is 4.90 Å². The number of rotatable bonds is 6. The van der Waals surface area contributed by atoms with Crippen LogP contribution in [0.4, 0.5) is 0 Å². The average molecular weight is 327 g/mol. The van der Waals surface area contributed by atoms with Crippen LogP contribution in [-0.4, -0.2) is 54.7 Å². The normalized spacial score (nSPS) is 21.6. The summed E-state index contributed by atoms with van der Waals surface area (Å²) < 4.78 is 31.2. The Morgan fingerprint density at radius 2 is 2.00 bits per heavy atom. The Hall–Kier alpha value is -0.920. The fourth-order valence-electron chi connectivity index (χ4n) is 3.13. The molecule has 0 bridgehead atoms. The van der Waals surface area contributed by atoms with Gasteiger partial charge in [0.2, 0.25) is 10.0 Å². The van der Waals surface area contributed by atoms with E-state index in [1.807, 2.05) is 13.0 Å². The summed E-state index contributed by atoms with van der Waals surface area (Å²) >= 11 is 0. The Morgan fingerprint density at radius 3 is 2.55 bits per heavy atom. The Morgan fingerprint density at radius 1 is 1.32 bits per heavy atom. The Labute approximate surface area is 132 Å². The van der Waals surface area contributed by atoms with E-state index in [9.17, 15) is 8.42 Å². The van der Waals surface area contributed by atoms with Crippen molar-refractivity contribution in [3.63, 3.8) is 0 Å². The van der Waals surface area contributed by atoms with Crippen molar-refractivity contribution in [1.82, 2.24) is 14.4 Å². The lowest BCUT2D eigenvalue weighted by atomic mass is 9.97. The van der Waals surface area contributed by atoms with Crippen molar-refractivity contribution in [3.8, 4) is 0 Å². The summed E-state index contributed by atoms with van der Waals surface area (Å²) in [4.78, 5) is 2.35. The number of piperidine rings is 1. The maximum atomic E-state index is 12.2. The van der Waals surface area contributed by atoms with Crippen molar-refractivity contribution < 1.29 is 12.9 Å². The molecule has 0 radical (unpaired) electrons. The largest absolute Gasteiger partial charge is 0.360 e. The number of sulfonamides is 1. The molecular weight excluding hydrogens is 302 g/mol. The summed E-state index contributed by atoms with van der Waals surface area (Å²) in [5, 5.41) is 3.81. The van der Waals surface area contributed by atoms with Crippen LogP contribution in [0, 0.1) is 12.8 Å². The van der Waals surface area contributed by atoms with E-state index in [0.717, 1.165) is 56.8 Å². The molecule has 7 heteroatoms. The lowest BCUT2D eigenvalue weighted by Crippen LogP contribution is -2.40. The minimum atomic E-state index is -3.03. The topological polar surface area (TPSA) is 66.7 Å². The number of likely N-dealkylation sites (tertiary alicyclic amines) is 1. The van der Waals surface area contributed by atoms with Crippen LogP contribution in [0.5, 0.6) is 0 Å². The monoisotopic (exact) mass is 327 g/mol. The van der Waals surface area contributed by atoms with Crippen molar-refractivity contribution in [3.05, 3.63) is 17.5 Å². The van der Waals surface area contributed by atoms with Crippen LogP contribution in [0.2, 0.25) is 0 Å². The zero-order valence-corrected chi connectivity index (χ0v) is 14.2. The van der Waals surface area contributed by atoms with Gasteiger partial charge >= 0.3 is 0 Å². The number of nitrogens with zero attached hydrogens (tertiary/aromatic N) is 3. The first kappa shape index (κ1) is 16.0. The van der Waals surface area contributed by atoms with E-state index in [1.54, 1.807) is 11.4 Å². The summed E-state index contributed by atoms with van der Waals surface area (Å²) in [5.74, 6) is 1.37. The van der Waals surface area contributed by atoms with Crippen LogP contribution in [-0.2, 0) is 16.6 Å². The van der Waals surface area contributed by atoms with E-state index >= 15 is 0 Å². The molecule has 1 saturated carbocycles. The number of hydrogen-bond acceptors (Lipinski definition) is 5. The first-order chi connectivity index (χ1) is 10.4. The Kier molecular flexibility index (Phi) is 4.56. The molecule has 1 aliphatic carbocycles. The van der Waals surface area contributed by atoms with E-state index in [4.69, 9.17) is 4.52 Å². The summed E-state index contributed by atoms with van der Waals surface area (Å²) in [6, 6.07) is 1.97. The molecule has 2 heterocycles. The van der Waals surface area contributed by atoms with Gasteiger partial charge in [0.25, 0.3) is 0 Å². The zero-order chi connectivity index (χ0) is 15.7. The molecule has 1 aromatic heterocycles. The highest BCUT2D eigenvalue weighted by Gasteiger charge is 2.39. The predicted molar refractivity (Wildman–Crippen MR) is 83.8 cm³/mol. The van der Waals surface area contributed by atoms with Crippen molar-refractivity contribution in [2.24, 2.45) is 5.92 Å². The first-order valence-corrected chi connectivity index (χ1v) is 9.55. The van der Waals surface area contributed by atoms with Gasteiger partial charge in [0, 0.05) is 19.7 Å². The molecular formula is C15H25N3O3S. The summed E-state index contributed by atoms with van der Waals surface area (Å²) in [6.45, 7) is 5.36. The molecule has 0 aromatic carbocycles. The van der Waals surface area contributed by atoms with Gasteiger partial charge in [0.15, 0.2) is 5.76 Å². The maximum Gasteiger partial charge on any atom is 0.216 e. The van der Waals surface area contributed by atoms with Gasteiger partial charge < -0.3 is 4.52 Å². The summed E-state index contributed by atoms with van der Waals surface area (Å²) in [6.07, 6.45) is 3.75. The van der Waals surface area contributed by atoms with Gasteiger partial charge in [-0.05, 0) is 51.6 Å². The van der Waals surface area contributed by atoms with Gasteiger partial charge in [-0.15, -0.1) is 0 Å². The van der Waals surface area contributed by atoms with Crippen LogP contribution in [0.15, 0.2) is 10.6 Å².